The van der Waals surface area contributed by atoms with Gasteiger partial charge in [0.15, 0.2) is 5.82 Å². The summed E-state index contributed by atoms with van der Waals surface area (Å²) >= 11 is 5.56. The van der Waals surface area contributed by atoms with Crippen LogP contribution in [0.25, 0.3) is 0 Å². The van der Waals surface area contributed by atoms with Crippen LogP contribution in [-0.4, -0.2) is 35.7 Å². The maximum Gasteiger partial charge on any atom is 0.460 e. The largest absolute Gasteiger partial charge is 0.460 e. The van der Waals surface area contributed by atoms with Crippen molar-refractivity contribution < 1.29 is 35.6 Å². The number of aliphatic imine (C=N–C) groups is 1. The van der Waals surface area contributed by atoms with Crippen LogP contribution in [0.4, 0.5) is 27.8 Å². The normalized spacial score (nSPS) is 14.1. The molecule has 1 aromatic heterocycles. The van der Waals surface area contributed by atoms with Crippen molar-refractivity contribution in [1.29, 1.82) is 0 Å². The Kier molecular flexibility index (Phi) is 6.86. The molecule has 0 saturated heterocycles. The minimum atomic E-state index is -6.05. The minimum Gasteiger partial charge on any atom is -0.305 e. The fourth-order valence-electron chi connectivity index (χ4n) is 1.47. The molecule has 0 atom stereocenters. The summed E-state index contributed by atoms with van der Waals surface area (Å²) in [6.07, 6.45) is -5.07. The number of aromatic nitrogens is 1. The Balaban J connectivity index is 3.57. The minimum absolute atomic E-state index is 0.107. The second-order valence-electron chi connectivity index (χ2n) is 4.18. The lowest BCUT2D eigenvalue weighted by Gasteiger charge is -2.26. The smallest absolute Gasteiger partial charge is 0.305 e. The summed E-state index contributed by atoms with van der Waals surface area (Å²) in [4.78, 5) is 6.61. The first kappa shape index (κ1) is 21.0. The van der Waals surface area contributed by atoms with Crippen LogP contribution in [0.1, 0.15) is 13.8 Å². The number of alkyl halides is 5. The molecule has 0 aliphatic carbocycles. The highest BCUT2D eigenvalue weighted by molar-refractivity contribution is 7.72. The van der Waals surface area contributed by atoms with E-state index in [1.54, 1.807) is 0 Å². The van der Waals surface area contributed by atoms with Crippen LogP contribution < -0.4 is 0 Å². The number of hydrogen-bond donors (Lipinski definition) is 0. The van der Waals surface area contributed by atoms with Crippen LogP contribution in [0, 0.1) is 0 Å². The van der Waals surface area contributed by atoms with E-state index in [0.717, 1.165) is 12.3 Å². The number of pyridine rings is 1. The first-order valence-electron chi connectivity index (χ1n) is 6.53. The molecule has 0 spiro atoms. The zero-order valence-electron chi connectivity index (χ0n) is 12.5. The molecule has 0 N–H and O–H groups in total. The van der Waals surface area contributed by atoms with Gasteiger partial charge in [0.05, 0.1) is 18.2 Å². The zero-order chi connectivity index (χ0) is 18.6. The van der Waals surface area contributed by atoms with E-state index in [0.29, 0.717) is 0 Å². The second-order valence-corrected chi connectivity index (χ2v) is 6.55. The summed E-state index contributed by atoms with van der Waals surface area (Å²) in [6, 6.07) is 2.15. The molecule has 0 amide bonds. The van der Waals surface area contributed by atoms with E-state index in [-0.39, 0.29) is 5.02 Å². The molecule has 0 radical (unpaired) electrons. The molecule has 24 heavy (non-hydrogen) atoms. The number of rotatable bonds is 7. The second kappa shape index (κ2) is 7.86. The molecule has 1 aromatic rings. The van der Waals surface area contributed by atoms with Crippen molar-refractivity contribution in [3.05, 3.63) is 23.4 Å². The molecular formula is C12H13ClF5N2O3P. The summed E-state index contributed by atoms with van der Waals surface area (Å²) in [5.41, 5.74) is -2.08. The molecule has 12 heteroatoms. The molecule has 0 saturated carbocycles. The summed E-state index contributed by atoms with van der Waals surface area (Å²) in [5, 5.41) is 0.107. The Labute approximate surface area is 139 Å². The Morgan fingerprint density at radius 3 is 2.12 bits per heavy atom. The SMILES string of the molecule is CCOP(=O)(OCC)C(=Nc1ccc(Cl)cn1)C(F)(F)C(F)(F)F. The van der Waals surface area contributed by atoms with E-state index >= 15 is 0 Å². The highest BCUT2D eigenvalue weighted by Crippen LogP contribution is 2.57. The molecule has 0 aromatic carbocycles. The van der Waals surface area contributed by atoms with E-state index in [1.165, 1.54) is 19.9 Å². The van der Waals surface area contributed by atoms with Crippen molar-refractivity contribution >= 4 is 30.5 Å². The Bertz CT molecular complexity index is 627. The van der Waals surface area contributed by atoms with Crippen LogP contribution in [0.5, 0.6) is 0 Å². The molecule has 0 bridgehead atoms. The molecule has 0 aliphatic heterocycles. The van der Waals surface area contributed by atoms with Gasteiger partial charge in [0.1, 0.15) is 0 Å². The molecule has 0 unspecified atom stereocenters. The van der Waals surface area contributed by atoms with Crippen LogP contribution in [0.15, 0.2) is 23.3 Å². The number of hydrogen-bond acceptors (Lipinski definition) is 5. The highest BCUT2D eigenvalue weighted by atomic mass is 35.5. The fourth-order valence-corrected chi connectivity index (χ4v) is 3.28. The van der Waals surface area contributed by atoms with E-state index < -0.39 is 44.2 Å². The van der Waals surface area contributed by atoms with Gasteiger partial charge in [0.2, 0.25) is 5.45 Å². The van der Waals surface area contributed by atoms with Crippen molar-refractivity contribution in [2.75, 3.05) is 13.2 Å². The molecule has 0 aliphatic rings. The topological polar surface area (TPSA) is 60.8 Å². The van der Waals surface area contributed by atoms with Gasteiger partial charge in [-0.2, -0.15) is 22.0 Å². The van der Waals surface area contributed by atoms with Crippen LogP contribution in [0.3, 0.4) is 0 Å². The number of nitrogens with zero attached hydrogens (tertiary/aromatic N) is 2. The van der Waals surface area contributed by atoms with Gasteiger partial charge in [-0.05, 0) is 26.0 Å². The van der Waals surface area contributed by atoms with Gasteiger partial charge in [0.25, 0.3) is 0 Å². The fraction of sp³-hybridized carbons (Fsp3) is 0.500. The molecule has 0 fully saturated rings. The lowest BCUT2D eigenvalue weighted by Crippen LogP contribution is -2.44. The third kappa shape index (κ3) is 4.72. The summed E-state index contributed by atoms with van der Waals surface area (Å²) < 4.78 is 87.6. The molecule has 1 heterocycles. The monoisotopic (exact) mass is 394 g/mol. The lowest BCUT2D eigenvalue weighted by atomic mass is 10.3. The average Bonchev–Trinajstić information content (AvgIpc) is 2.45. The van der Waals surface area contributed by atoms with Gasteiger partial charge in [-0.15, -0.1) is 0 Å². The van der Waals surface area contributed by atoms with E-state index in [9.17, 15) is 26.5 Å². The van der Waals surface area contributed by atoms with Gasteiger partial charge >= 0.3 is 19.7 Å². The van der Waals surface area contributed by atoms with Crippen molar-refractivity contribution in [2.45, 2.75) is 25.9 Å². The lowest BCUT2D eigenvalue weighted by molar-refractivity contribution is -0.248. The van der Waals surface area contributed by atoms with Gasteiger partial charge in [-0.25, -0.2) is 9.98 Å². The highest BCUT2D eigenvalue weighted by Gasteiger charge is 2.66. The van der Waals surface area contributed by atoms with Gasteiger partial charge in [-0.3, -0.25) is 4.57 Å². The van der Waals surface area contributed by atoms with Crippen molar-refractivity contribution in [2.24, 2.45) is 4.99 Å². The van der Waals surface area contributed by atoms with Crippen molar-refractivity contribution in [1.82, 2.24) is 4.98 Å². The van der Waals surface area contributed by atoms with Gasteiger partial charge < -0.3 is 9.05 Å². The predicted octanol–water partition coefficient (Wildman–Crippen LogP) is 5.23. The van der Waals surface area contributed by atoms with Crippen LogP contribution in [-0.2, 0) is 13.6 Å². The predicted molar refractivity (Wildman–Crippen MR) is 78.2 cm³/mol. The van der Waals surface area contributed by atoms with Gasteiger partial charge in [0, 0.05) is 6.20 Å². The first-order chi connectivity index (χ1) is 11.0. The maximum absolute atomic E-state index is 13.9. The van der Waals surface area contributed by atoms with E-state index in [4.69, 9.17) is 11.6 Å². The van der Waals surface area contributed by atoms with Crippen molar-refractivity contribution in [3.8, 4) is 0 Å². The van der Waals surface area contributed by atoms with E-state index in [1.807, 2.05) is 0 Å². The van der Waals surface area contributed by atoms with Crippen molar-refractivity contribution in [3.63, 3.8) is 0 Å². The summed E-state index contributed by atoms with van der Waals surface area (Å²) in [7, 11) is -5.02. The molecule has 1 rings (SSSR count). The van der Waals surface area contributed by atoms with Crippen LogP contribution >= 0.6 is 19.2 Å². The molecule has 136 valence electrons. The summed E-state index contributed by atoms with van der Waals surface area (Å²) in [6.45, 7) is 1.65. The standard InChI is InChI=1S/C12H13ClF5N2O3P/c1-3-22-24(21,23-4-2)10(11(14,15)12(16,17)18)20-9-6-5-8(13)7-19-9/h5-7H,3-4H2,1-2H3. The summed E-state index contributed by atoms with van der Waals surface area (Å²) in [5.74, 6) is -6.10. The zero-order valence-corrected chi connectivity index (χ0v) is 14.1. The average molecular weight is 395 g/mol. The maximum atomic E-state index is 13.9. The Hall–Kier alpha value is -1.09. The number of halogens is 6. The van der Waals surface area contributed by atoms with Crippen LogP contribution in [0.2, 0.25) is 5.02 Å². The molecule has 5 nitrogen and oxygen atoms in total. The van der Waals surface area contributed by atoms with Gasteiger partial charge in [-0.1, -0.05) is 11.6 Å². The molecular weight excluding hydrogens is 382 g/mol. The third-order valence-electron chi connectivity index (χ3n) is 2.43. The quantitative estimate of drug-likeness (QED) is 0.361. The third-order valence-corrected chi connectivity index (χ3v) is 4.75. The van der Waals surface area contributed by atoms with E-state index in [2.05, 4.69) is 19.0 Å². The Morgan fingerprint density at radius 1 is 1.21 bits per heavy atom. The first-order valence-corrected chi connectivity index (χ1v) is 8.45. The Morgan fingerprint density at radius 2 is 1.75 bits per heavy atom.